The zero-order valence-corrected chi connectivity index (χ0v) is 12.5. The van der Waals surface area contributed by atoms with Gasteiger partial charge in [0.15, 0.2) is 9.84 Å². The lowest BCUT2D eigenvalue weighted by atomic mass is 9.86. The van der Waals surface area contributed by atoms with Crippen LogP contribution in [0, 0.1) is 5.92 Å². The van der Waals surface area contributed by atoms with Gasteiger partial charge in [-0.3, -0.25) is 4.79 Å². The molecule has 0 saturated heterocycles. The Morgan fingerprint density at radius 3 is 2.50 bits per heavy atom. The summed E-state index contributed by atoms with van der Waals surface area (Å²) < 4.78 is 24.2. The molecular weight excluding hydrogens is 274 g/mol. The Morgan fingerprint density at radius 1 is 1.20 bits per heavy atom. The normalized spacial score (nSPS) is 23.2. The minimum absolute atomic E-state index is 0.113. The predicted molar refractivity (Wildman–Crippen MR) is 78.1 cm³/mol. The Morgan fingerprint density at radius 2 is 1.85 bits per heavy atom. The van der Waals surface area contributed by atoms with Crippen molar-refractivity contribution in [2.24, 2.45) is 5.92 Å². The molecule has 2 rings (SSSR count). The summed E-state index contributed by atoms with van der Waals surface area (Å²) >= 11 is 0. The van der Waals surface area contributed by atoms with E-state index in [1.807, 2.05) is 0 Å². The van der Waals surface area contributed by atoms with Crippen molar-refractivity contribution < 1.29 is 13.2 Å². The van der Waals surface area contributed by atoms with E-state index in [9.17, 15) is 13.2 Å². The van der Waals surface area contributed by atoms with Gasteiger partial charge in [0.25, 0.3) is 0 Å². The summed E-state index contributed by atoms with van der Waals surface area (Å²) in [5, 5.41) is 2.88. The number of benzene rings is 1. The molecule has 0 spiro atoms. The molecule has 1 aromatic carbocycles. The van der Waals surface area contributed by atoms with Crippen molar-refractivity contribution in [2.45, 2.75) is 43.5 Å². The Balaban J connectivity index is 1.97. The predicted octanol–water partition coefficient (Wildman–Crippen LogP) is 2.16. The Bertz CT molecular complexity index is 554. The van der Waals surface area contributed by atoms with Crippen LogP contribution in [-0.2, 0) is 14.6 Å². The molecule has 0 heterocycles. The van der Waals surface area contributed by atoms with Crippen molar-refractivity contribution in [3.8, 4) is 0 Å². The molecule has 1 saturated carbocycles. The Hall–Kier alpha value is -1.36. The van der Waals surface area contributed by atoms with Gasteiger partial charge in [-0.1, -0.05) is 38.0 Å². The van der Waals surface area contributed by atoms with Crippen LogP contribution in [0.4, 0.5) is 0 Å². The highest BCUT2D eigenvalue weighted by atomic mass is 32.2. The van der Waals surface area contributed by atoms with E-state index >= 15 is 0 Å². The summed E-state index contributed by atoms with van der Waals surface area (Å²) in [5.74, 6) is -0.444. The molecule has 1 N–H and O–H groups in total. The van der Waals surface area contributed by atoms with Crippen LogP contribution in [0.2, 0.25) is 0 Å². The van der Waals surface area contributed by atoms with Gasteiger partial charge in [-0.2, -0.15) is 0 Å². The first-order chi connectivity index (χ1) is 9.49. The average Bonchev–Trinajstić information content (AvgIpc) is 2.42. The van der Waals surface area contributed by atoms with Crippen LogP contribution >= 0.6 is 0 Å². The number of nitrogens with one attached hydrogen (secondary N) is 1. The second-order valence-electron chi connectivity index (χ2n) is 5.51. The molecule has 4 nitrogen and oxygen atoms in total. The SMILES string of the molecule is CC1CCCCC1NC(=O)CS(=O)(=O)c1ccccc1. The summed E-state index contributed by atoms with van der Waals surface area (Å²) in [6.07, 6.45) is 4.32. The first-order valence-electron chi connectivity index (χ1n) is 7.06. The minimum atomic E-state index is -3.54. The minimum Gasteiger partial charge on any atom is -0.352 e. The van der Waals surface area contributed by atoms with Crippen molar-refractivity contribution >= 4 is 15.7 Å². The second kappa shape index (κ2) is 6.39. The van der Waals surface area contributed by atoms with E-state index in [4.69, 9.17) is 0 Å². The number of amides is 1. The third kappa shape index (κ3) is 3.82. The molecule has 0 aliphatic heterocycles. The van der Waals surface area contributed by atoms with E-state index in [0.29, 0.717) is 5.92 Å². The molecule has 0 radical (unpaired) electrons. The molecule has 0 bridgehead atoms. The van der Waals surface area contributed by atoms with Crippen molar-refractivity contribution in [1.29, 1.82) is 0 Å². The maximum atomic E-state index is 12.1. The molecule has 1 aliphatic rings. The third-order valence-corrected chi connectivity index (χ3v) is 5.51. The maximum absolute atomic E-state index is 12.1. The van der Waals surface area contributed by atoms with E-state index < -0.39 is 21.5 Å². The summed E-state index contributed by atoms with van der Waals surface area (Å²) in [7, 11) is -3.54. The van der Waals surface area contributed by atoms with E-state index in [1.165, 1.54) is 18.6 Å². The van der Waals surface area contributed by atoms with Crippen LogP contribution in [0.3, 0.4) is 0 Å². The summed E-state index contributed by atoms with van der Waals surface area (Å²) in [4.78, 5) is 12.2. The number of carbonyl (C=O) groups excluding carboxylic acids is 1. The van der Waals surface area contributed by atoms with Crippen molar-refractivity contribution in [3.05, 3.63) is 30.3 Å². The highest BCUT2D eigenvalue weighted by Gasteiger charge is 2.25. The number of hydrogen-bond acceptors (Lipinski definition) is 3. The highest BCUT2D eigenvalue weighted by molar-refractivity contribution is 7.92. The Kier molecular flexibility index (Phi) is 4.81. The summed E-state index contributed by atoms with van der Waals surface area (Å²) in [6.45, 7) is 2.11. The molecule has 1 aliphatic carbocycles. The zero-order chi connectivity index (χ0) is 14.6. The van der Waals surface area contributed by atoms with Gasteiger partial charge in [-0.15, -0.1) is 0 Å². The molecule has 1 amide bonds. The highest BCUT2D eigenvalue weighted by Crippen LogP contribution is 2.23. The van der Waals surface area contributed by atoms with Crippen LogP contribution in [0.5, 0.6) is 0 Å². The van der Waals surface area contributed by atoms with Crippen molar-refractivity contribution in [3.63, 3.8) is 0 Å². The van der Waals surface area contributed by atoms with E-state index in [-0.39, 0.29) is 10.9 Å². The largest absolute Gasteiger partial charge is 0.352 e. The van der Waals surface area contributed by atoms with Crippen LogP contribution in [0.15, 0.2) is 35.2 Å². The fourth-order valence-electron chi connectivity index (χ4n) is 2.66. The first kappa shape index (κ1) is 15.0. The summed E-state index contributed by atoms with van der Waals surface area (Å²) in [6, 6.07) is 8.23. The van der Waals surface area contributed by atoms with Gasteiger partial charge in [0.2, 0.25) is 5.91 Å². The first-order valence-corrected chi connectivity index (χ1v) is 8.71. The molecule has 110 valence electrons. The smallest absolute Gasteiger partial charge is 0.235 e. The lowest BCUT2D eigenvalue weighted by Crippen LogP contribution is -2.43. The molecule has 20 heavy (non-hydrogen) atoms. The molecule has 5 heteroatoms. The second-order valence-corrected chi connectivity index (χ2v) is 7.50. The molecule has 1 fully saturated rings. The fraction of sp³-hybridized carbons (Fsp3) is 0.533. The van der Waals surface area contributed by atoms with E-state index in [0.717, 1.165) is 19.3 Å². The van der Waals surface area contributed by atoms with Crippen molar-refractivity contribution in [1.82, 2.24) is 5.32 Å². The number of rotatable bonds is 4. The monoisotopic (exact) mass is 295 g/mol. The molecule has 2 unspecified atom stereocenters. The van der Waals surface area contributed by atoms with Crippen LogP contribution in [0.1, 0.15) is 32.6 Å². The lowest BCUT2D eigenvalue weighted by molar-refractivity contribution is -0.119. The summed E-state index contributed by atoms with van der Waals surface area (Å²) in [5.41, 5.74) is 0. The third-order valence-electron chi connectivity index (χ3n) is 3.88. The number of carbonyl (C=O) groups is 1. The van der Waals surface area contributed by atoms with Gasteiger partial charge in [0, 0.05) is 6.04 Å². The lowest BCUT2D eigenvalue weighted by Gasteiger charge is -2.29. The van der Waals surface area contributed by atoms with Crippen LogP contribution in [0.25, 0.3) is 0 Å². The number of sulfone groups is 1. The van der Waals surface area contributed by atoms with Gasteiger partial charge >= 0.3 is 0 Å². The molecule has 1 aromatic rings. The van der Waals surface area contributed by atoms with E-state index in [2.05, 4.69) is 12.2 Å². The maximum Gasteiger partial charge on any atom is 0.235 e. The average molecular weight is 295 g/mol. The van der Waals surface area contributed by atoms with Gasteiger partial charge in [0.1, 0.15) is 5.75 Å². The fourth-order valence-corrected chi connectivity index (χ4v) is 3.83. The topological polar surface area (TPSA) is 63.2 Å². The van der Waals surface area contributed by atoms with E-state index in [1.54, 1.807) is 18.2 Å². The standard InChI is InChI=1S/C15H21NO3S/c1-12-7-5-6-10-14(12)16-15(17)11-20(18,19)13-8-3-2-4-9-13/h2-4,8-9,12,14H,5-7,10-11H2,1H3,(H,16,17). The van der Waals surface area contributed by atoms with Gasteiger partial charge < -0.3 is 5.32 Å². The van der Waals surface area contributed by atoms with Gasteiger partial charge in [-0.05, 0) is 30.9 Å². The molecule has 2 atom stereocenters. The van der Waals surface area contributed by atoms with Crippen molar-refractivity contribution in [2.75, 3.05) is 5.75 Å². The Labute approximate surface area is 120 Å². The van der Waals surface area contributed by atoms with Crippen LogP contribution in [-0.4, -0.2) is 26.1 Å². The zero-order valence-electron chi connectivity index (χ0n) is 11.7. The molecule has 0 aromatic heterocycles. The number of hydrogen-bond donors (Lipinski definition) is 1. The van der Waals surface area contributed by atoms with Gasteiger partial charge in [0.05, 0.1) is 4.90 Å². The quantitative estimate of drug-likeness (QED) is 0.926. The van der Waals surface area contributed by atoms with Gasteiger partial charge in [-0.25, -0.2) is 8.42 Å². The molecular formula is C15H21NO3S. The van der Waals surface area contributed by atoms with Crippen LogP contribution < -0.4 is 5.32 Å².